The highest BCUT2D eigenvalue weighted by molar-refractivity contribution is 5.31. The minimum absolute atomic E-state index is 0.578. The standard InChI is InChI=1S/C13H22N2/c1-10(2)15-8-12-5-3-4-11(6-7-14)13(12)9-15/h8-11H,3-7,14H2,1-2H3. The van der Waals surface area contributed by atoms with Gasteiger partial charge in [0.1, 0.15) is 0 Å². The first-order valence-corrected chi connectivity index (χ1v) is 6.12. The van der Waals surface area contributed by atoms with E-state index in [1.165, 1.54) is 19.3 Å². The molecule has 1 heterocycles. The summed E-state index contributed by atoms with van der Waals surface area (Å²) in [5, 5.41) is 0. The van der Waals surface area contributed by atoms with E-state index < -0.39 is 0 Å². The van der Waals surface area contributed by atoms with Crippen molar-refractivity contribution in [1.82, 2.24) is 4.57 Å². The summed E-state index contributed by atoms with van der Waals surface area (Å²) in [6.45, 7) is 5.30. The largest absolute Gasteiger partial charge is 0.351 e. The van der Waals surface area contributed by atoms with E-state index in [0.717, 1.165) is 18.9 Å². The van der Waals surface area contributed by atoms with Crippen LogP contribution in [0.5, 0.6) is 0 Å². The molecule has 2 rings (SSSR count). The fourth-order valence-electron chi connectivity index (χ4n) is 2.61. The lowest BCUT2D eigenvalue weighted by Gasteiger charge is -2.21. The van der Waals surface area contributed by atoms with E-state index in [1.54, 1.807) is 11.1 Å². The van der Waals surface area contributed by atoms with Gasteiger partial charge in [0.2, 0.25) is 0 Å². The van der Waals surface area contributed by atoms with E-state index in [9.17, 15) is 0 Å². The lowest BCUT2D eigenvalue weighted by Crippen LogP contribution is -2.12. The van der Waals surface area contributed by atoms with Gasteiger partial charge in [0.05, 0.1) is 0 Å². The summed E-state index contributed by atoms with van der Waals surface area (Å²) in [5.41, 5.74) is 8.81. The molecule has 0 bridgehead atoms. The number of hydrogen-bond donors (Lipinski definition) is 1. The number of nitrogens with two attached hydrogens (primary N) is 1. The molecule has 0 fully saturated rings. The Labute approximate surface area is 92.5 Å². The Kier molecular flexibility index (Phi) is 3.15. The van der Waals surface area contributed by atoms with Gasteiger partial charge in [-0.25, -0.2) is 0 Å². The van der Waals surface area contributed by atoms with Crippen molar-refractivity contribution >= 4 is 0 Å². The van der Waals surface area contributed by atoms with Crippen molar-refractivity contribution in [3.63, 3.8) is 0 Å². The Morgan fingerprint density at radius 3 is 2.93 bits per heavy atom. The highest BCUT2D eigenvalue weighted by Gasteiger charge is 2.21. The van der Waals surface area contributed by atoms with Gasteiger partial charge in [-0.1, -0.05) is 0 Å². The summed E-state index contributed by atoms with van der Waals surface area (Å²) in [4.78, 5) is 0. The van der Waals surface area contributed by atoms with Gasteiger partial charge in [-0.15, -0.1) is 0 Å². The predicted molar refractivity (Wildman–Crippen MR) is 64.2 cm³/mol. The van der Waals surface area contributed by atoms with Gasteiger partial charge in [0, 0.05) is 18.4 Å². The summed E-state index contributed by atoms with van der Waals surface area (Å²) >= 11 is 0. The summed E-state index contributed by atoms with van der Waals surface area (Å²) in [7, 11) is 0. The molecular formula is C13H22N2. The lowest BCUT2D eigenvalue weighted by molar-refractivity contribution is 0.527. The highest BCUT2D eigenvalue weighted by Crippen LogP contribution is 2.34. The van der Waals surface area contributed by atoms with Crippen molar-refractivity contribution in [1.29, 1.82) is 0 Å². The average Bonchev–Trinajstić information content (AvgIpc) is 2.63. The van der Waals surface area contributed by atoms with Gasteiger partial charge in [-0.3, -0.25) is 0 Å². The zero-order valence-corrected chi connectivity index (χ0v) is 9.87. The first kappa shape index (κ1) is 10.7. The zero-order valence-electron chi connectivity index (χ0n) is 9.87. The summed E-state index contributed by atoms with van der Waals surface area (Å²) in [6.07, 6.45) is 9.75. The van der Waals surface area contributed by atoms with Gasteiger partial charge in [-0.2, -0.15) is 0 Å². The molecule has 2 heteroatoms. The quantitative estimate of drug-likeness (QED) is 0.810. The van der Waals surface area contributed by atoms with E-state index in [-0.39, 0.29) is 0 Å². The van der Waals surface area contributed by atoms with E-state index in [0.29, 0.717) is 6.04 Å². The van der Waals surface area contributed by atoms with Crippen molar-refractivity contribution in [3.05, 3.63) is 23.5 Å². The molecule has 0 saturated heterocycles. The number of aryl methyl sites for hydroxylation is 1. The Bertz CT molecular complexity index is 325. The minimum atomic E-state index is 0.578. The second kappa shape index (κ2) is 4.40. The Morgan fingerprint density at radius 2 is 2.27 bits per heavy atom. The molecule has 15 heavy (non-hydrogen) atoms. The smallest absolute Gasteiger partial charge is 0.0274 e. The molecule has 0 spiro atoms. The van der Waals surface area contributed by atoms with Crippen LogP contribution >= 0.6 is 0 Å². The molecule has 1 atom stereocenters. The maximum atomic E-state index is 5.68. The number of rotatable bonds is 3. The van der Waals surface area contributed by atoms with Crippen LogP contribution in [0, 0.1) is 0 Å². The Balaban J connectivity index is 2.26. The molecule has 2 nitrogen and oxygen atoms in total. The molecule has 0 radical (unpaired) electrons. The number of nitrogens with zero attached hydrogens (tertiary/aromatic N) is 1. The van der Waals surface area contributed by atoms with Gasteiger partial charge >= 0.3 is 0 Å². The van der Waals surface area contributed by atoms with Crippen LogP contribution in [0.25, 0.3) is 0 Å². The van der Waals surface area contributed by atoms with E-state index in [1.807, 2.05) is 0 Å². The van der Waals surface area contributed by atoms with E-state index in [2.05, 4.69) is 30.8 Å². The molecule has 0 aromatic carbocycles. The molecule has 84 valence electrons. The van der Waals surface area contributed by atoms with Crippen LogP contribution in [-0.2, 0) is 6.42 Å². The van der Waals surface area contributed by atoms with Crippen molar-refractivity contribution in [3.8, 4) is 0 Å². The average molecular weight is 206 g/mol. The van der Waals surface area contributed by atoms with Crippen molar-refractivity contribution in [2.75, 3.05) is 6.54 Å². The molecule has 1 aromatic rings. The molecule has 0 saturated carbocycles. The van der Waals surface area contributed by atoms with Crippen LogP contribution in [0.4, 0.5) is 0 Å². The topological polar surface area (TPSA) is 30.9 Å². The molecule has 2 N–H and O–H groups in total. The van der Waals surface area contributed by atoms with Crippen molar-refractivity contribution in [2.24, 2.45) is 5.73 Å². The zero-order chi connectivity index (χ0) is 10.8. The molecule has 0 amide bonds. The second-order valence-electron chi connectivity index (χ2n) is 4.95. The van der Waals surface area contributed by atoms with Crippen molar-refractivity contribution in [2.45, 2.75) is 51.5 Å². The van der Waals surface area contributed by atoms with Crippen molar-refractivity contribution < 1.29 is 0 Å². The highest BCUT2D eigenvalue weighted by atomic mass is 15.0. The lowest BCUT2D eigenvalue weighted by atomic mass is 9.84. The third-order valence-corrected chi connectivity index (χ3v) is 3.51. The molecule has 1 aliphatic carbocycles. The predicted octanol–water partition coefficient (Wildman–Crippen LogP) is 2.84. The summed E-state index contributed by atoms with van der Waals surface area (Å²) in [5.74, 6) is 0.721. The fraction of sp³-hybridized carbons (Fsp3) is 0.692. The minimum Gasteiger partial charge on any atom is -0.351 e. The van der Waals surface area contributed by atoms with Gasteiger partial charge < -0.3 is 10.3 Å². The Hall–Kier alpha value is -0.760. The first-order valence-electron chi connectivity index (χ1n) is 6.12. The molecular weight excluding hydrogens is 184 g/mol. The van der Waals surface area contributed by atoms with E-state index >= 15 is 0 Å². The second-order valence-corrected chi connectivity index (χ2v) is 4.95. The third-order valence-electron chi connectivity index (χ3n) is 3.51. The maximum Gasteiger partial charge on any atom is 0.0274 e. The van der Waals surface area contributed by atoms with Crippen LogP contribution in [0.1, 0.15) is 56.2 Å². The van der Waals surface area contributed by atoms with Gasteiger partial charge in [0.25, 0.3) is 0 Å². The van der Waals surface area contributed by atoms with Gasteiger partial charge in [0.15, 0.2) is 0 Å². The van der Waals surface area contributed by atoms with Crippen LogP contribution in [0.3, 0.4) is 0 Å². The van der Waals surface area contributed by atoms with Crippen LogP contribution in [0.15, 0.2) is 12.4 Å². The molecule has 1 aromatic heterocycles. The number of fused-ring (bicyclic) bond motifs is 1. The fourth-order valence-corrected chi connectivity index (χ4v) is 2.61. The SMILES string of the molecule is CC(C)n1cc2c(c1)C(CCN)CCC2. The molecule has 1 unspecified atom stereocenters. The summed E-state index contributed by atoms with van der Waals surface area (Å²) < 4.78 is 2.35. The first-order chi connectivity index (χ1) is 7.22. The molecule has 1 aliphatic rings. The normalized spacial score (nSPS) is 20.7. The van der Waals surface area contributed by atoms with Crippen LogP contribution in [0.2, 0.25) is 0 Å². The third kappa shape index (κ3) is 2.10. The van der Waals surface area contributed by atoms with Crippen LogP contribution < -0.4 is 5.73 Å². The monoisotopic (exact) mass is 206 g/mol. The number of aromatic nitrogens is 1. The maximum absolute atomic E-state index is 5.68. The van der Waals surface area contributed by atoms with Crippen LogP contribution in [-0.4, -0.2) is 11.1 Å². The molecule has 0 aliphatic heterocycles. The Morgan fingerprint density at radius 1 is 1.47 bits per heavy atom. The number of hydrogen-bond acceptors (Lipinski definition) is 1. The summed E-state index contributed by atoms with van der Waals surface area (Å²) in [6, 6.07) is 0.578. The van der Waals surface area contributed by atoms with Gasteiger partial charge in [-0.05, 0) is 63.1 Å². The van der Waals surface area contributed by atoms with E-state index in [4.69, 9.17) is 5.73 Å².